The third-order valence-corrected chi connectivity index (χ3v) is 3.87. The summed E-state index contributed by atoms with van der Waals surface area (Å²) in [5.74, 6) is -3.15. The Bertz CT molecular complexity index is 416. The summed E-state index contributed by atoms with van der Waals surface area (Å²) in [6.45, 7) is 0.0978. The predicted molar refractivity (Wildman–Crippen MR) is 60.5 cm³/mol. The standard InChI is InChI=1S/C12H13ClF3N/c13-7-5-8(14)11(16)9(10(7)15)12(6-17)3-1-2-4-12/h5H,1-4,6,17H2. The fraction of sp³-hybridized carbons (Fsp3) is 0.500. The van der Waals surface area contributed by atoms with E-state index in [1.54, 1.807) is 0 Å². The lowest BCUT2D eigenvalue weighted by Gasteiger charge is -2.29. The molecule has 1 saturated carbocycles. The molecule has 17 heavy (non-hydrogen) atoms. The topological polar surface area (TPSA) is 26.0 Å². The van der Waals surface area contributed by atoms with Crippen LogP contribution in [0.3, 0.4) is 0 Å². The van der Waals surface area contributed by atoms with E-state index in [-0.39, 0.29) is 12.1 Å². The molecule has 0 radical (unpaired) electrons. The fourth-order valence-electron chi connectivity index (χ4n) is 2.65. The van der Waals surface area contributed by atoms with Gasteiger partial charge in [-0.3, -0.25) is 0 Å². The average Bonchev–Trinajstić information content (AvgIpc) is 2.77. The van der Waals surface area contributed by atoms with Crippen LogP contribution in [0.4, 0.5) is 13.2 Å². The molecule has 1 aromatic carbocycles. The third-order valence-electron chi connectivity index (χ3n) is 3.59. The summed E-state index contributed by atoms with van der Waals surface area (Å²) < 4.78 is 41.0. The molecule has 0 aromatic heterocycles. The van der Waals surface area contributed by atoms with Crippen LogP contribution in [0.5, 0.6) is 0 Å². The quantitative estimate of drug-likeness (QED) is 0.812. The molecule has 1 fully saturated rings. The first kappa shape index (κ1) is 12.7. The van der Waals surface area contributed by atoms with Crippen molar-refractivity contribution in [2.45, 2.75) is 31.1 Å². The van der Waals surface area contributed by atoms with Crippen molar-refractivity contribution in [3.05, 3.63) is 34.1 Å². The zero-order valence-electron chi connectivity index (χ0n) is 9.20. The van der Waals surface area contributed by atoms with E-state index < -0.39 is 27.9 Å². The molecular weight excluding hydrogens is 251 g/mol. The maximum Gasteiger partial charge on any atom is 0.165 e. The van der Waals surface area contributed by atoms with E-state index in [0.717, 1.165) is 12.8 Å². The van der Waals surface area contributed by atoms with Crippen molar-refractivity contribution in [2.24, 2.45) is 5.73 Å². The number of halogens is 4. The molecule has 1 aliphatic rings. The van der Waals surface area contributed by atoms with Crippen LogP contribution in [0.15, 0.2) is 6.07 Å². The number of nitrogens with two attached hydrogens (primary N) is 1. The fourth-order valence-corrected chi connectivity index (χ4v) is 2.84. The van der Waals surface area contributed by atoms with Crippen molar-refractivity contribution < 1.29 is 13.2 Å². The molecule has 0 spiro atoms. The van der Waals surface area contributed by atoms with Gasteiger partial charge in [-0.05, 0) is 18.9 Å². The second-order valence-corrected chi connectivity index (χ2v) is 4.94. The maximum absolute atomic E-state index is 13.9. The minimum atomic E-state index is -1.15. The van der Waals surface area contributed by atoms with E-state index in [0.29, 0.717) is 18.9 Å². The highest BCUT2D eigenvalue weighted by molar-refractivity contribution is 6.30. The second-order valence-electron chi connectivity index (χ2n) is 4.53. The summed E-state index contributed by atoms with van der Waals surface area (Å²) in [5, 5.41) is -0.390. The lowest BCUT2D eigenvalue weighted by atomic mass is 9.78. The maximum atomic E-state index is 13.9. The van der Waals surface area contributed by atoms with Crippen LogP contribution in [-0.4, -0.2) is 6.54 Å². The van der Waals surface area contributed by atoms with Crippen LogP contribution >= 0.6 is 11.6 Å². The van der Waals surface area contributed by atoms with Gasteiger partial charge in [0.25, 0.3) is 0 Å². The molecule has 0 aliphatic heterocycles. The summed E-state index contributed by atoms with van der Waals surface area (Å²) in [5.41, 5.74) is 4.56. The highest BCUT2D eigenvalue weighted by Gasteiger charge is 2.40. The Morgan fingerprint density at radius 2 is 1.76 bits per heavy atom. The van der Waals surface area contributed by atoms with E-state index in [9.17, 15) is 13.2 Å². The first-order valence-electron chi connectivity index (χ1n) is 5.55. The zero-order chi connectivity index (χ0) is 12.6. The highest BCUT2D eigenvalue weighted by Crippen LogP contribution is 2.44. The summed E-state index contributed by atoms with van der Waals surface area (Å²) >= 11 is 5.57. The van der Waals surface area contributed by atoms with Crippen LogP contribution in [0.25, 0.3) is 0 Å². The van der Waals surface area contributed by atoms with Crippen LogP contribution in [-0.2, 0) is 5.41 Å². The van der Waals surface area contributed by atoms with Gasteiger partial charge in [-0.1, -0.05) is 24.4 Å². The Balaban J connectivity index is 2.65. The molecule has 1 aliphatic carbocycles. The van der Waals surface area contributed by atoms with Crippen molar-refractivity contribution in [1.82, 2.24) is 0 Å². The molecule has 0 saturated heterocycles. The van der Waals surface area contributed by atoms with Crippen LogP contribution in [0.1, 0.15) is 31.2 Å². The van der Waals surface area contributed by atoms with E-state index >= 15 is 0 Å². The summed E-state index contributed by atoms with van der Waals surface area (Å²) in [7, 11) is 0. The van der Waals surface area contributed by atoms with Gasteiger partial charge in [0, 0.05) is 17.5 Å². The molecular formula is C12H13ClF3N. The molecule has 1 aromatic rings. The van der Waals surface area contributed by atoms with Gasteiger partial charge < -0.3 is 5.73 Å². The van der Waals surface area contributed by atoms with Gasteiger partial charge in [-0.2, -0.15) is 0 Å². The molecule has 0 unspecified atom stereocenters. The molecule has 0 amide bonds. The number of benzene rings is 1. The second kappa shape index (κ2) is 4.50. The third kappa shape index (κ3) is 1.93. The molecule has 0 atom stereocenters. The van der Waals surface area contributed by atoms with Crippen LogP contribution < -0.4 is 5.73 Å². The van der Waals surface area contributed by atoms with Crippen molar-refractivity contribution in [3.63, 3.8) is 0 Å². The van der Waals surface area contributed by atoms with Crippen molar-refractivity contribution in [1.29, 1.82) is 0 Å². The average molecular weight is 264 g/mol. The largest absolute Gasteiger partial charge is 0.330 e. The summed E-state index contributed by atoms with van der Waals surface area (Å²) in [6.07, 6.45) is 2.81. The lowest BCUT2D eigenvalue weighted by molar-refractivity contribution is 0.383. The first-order chi connectivity index (χ1) is 8.02. The number of hydrogen-bond acceptors (Lipinski definition) is 1. The molecule has 0 bridgehead atoms. The van der Waals surface area contributed by atoms with Gasteiger partial charge >= 0.3 is 0 Å². The van der Waals surface area contributed by atoms with Crippen LogP contribution in [0, 0.1) is 17.5 Å². The van der Waals surface area contributed by atoms with Crippen molar-refractivity contribution in [2.75, 3.05) is 6.54 Å². The Morgan fingerprint density at radius 3 is 2.29 bits per heavy atom. The zero-order valence-corrected chi connectivity index (χ0v) is 9.96. The highest BCUT2D eigenvalue weighted by atomic mass is 35.5. The van der Waals surface area contributed by atoms with E-state index in [1.165, 1.54) is 0 Å². The van der Waals surface area contributed by atoms with Gasteiger partial charge in [-0.15, -0.1) is 0 Å². The normalized spacial score (nSPS) is 18.6. The molecule has 5 heteroatoms. The molecule has 2 N–H and O–H groups in total. The predicted octanol–water partition coefficient (Wildman–Crippen LogP) is 3.53. The summed E-state index contributed by atoms with van der Waals surface area (Å²) in [4.78, 5) is 0. The van der Waals surface area contributed by atoms with Gasteiger partial charge in [-0.25, -0.2) is 13.2 Å². The van der Waals surface area contributed by atoms with E-state index in [2.05, 4.69) is 0 Å². The Kier molecular flexibility index (Phi) is 3.36. The number of rotatable bonds is 2. The minimum absolute atomic E-state index is 0.0978. The Morgan fingerprint density at radius 1 is 1.18 bits per heavy atom. The molecule has 2 rings (SSSR count). The Labute approximate surface area is 103 Å². The molecule has 0 heterocycles. The van der Waals surface area contributed by atoms with Crippen molar-refractivity contribution >= 4 is 11.6 Å². The molecule has 1 nitrogen and oxygen atoms in total. The lowest BCUT2D eigenvalue weighted by Crippen LogP contribution is -2.34. The first-order valence-corrected chi connectivity index (χ1v) is 5.93. The Hall–Kier alpha value is -0.740. The van der Waals surface area contributed by atoms with E-state index in [1.807, 2.05) is 0 Å². The van der Waals surface area contributed by atoms with Gasteiger partial charge in [0.2, 0.25) is 0 Å². The molecule has 94 valence electrons. The van der Waals surface area contributed by atoms with Gasteiger partial charge in [0.15, 0.2) is 11.6 Å². The van der Waals surface area contributed by atoms with Crippen molar-refractivity contribution in [3.8, 4) is 0 Å². The van der Waals surface area contributed by atoms with Crippen LogP contribution in [0.2, 0.25) is 5.02 Å². The SMILES string of the molecule is NCC1(c2c(F)c(F)cc(Cl)c2F)CCCC1. The smallest absolute Gasteiger partial charge is 0.165 e. The monoisotopic (exact) mass is 263 g/mol. The number of hydrogen-bond donors (Lipinski definition) is 1. The summed E-state index contributed by atoms with van der Waals surface area (Å²) in [6, 6.07) is 0.662. The van der Waals surface area contributed by atoms with Gasteiger partial charge in [0.1, 0.15) is 5.82 Å². The van der Waals surface area contributed by atoms with Gasteiger partial charge in [0.05, 0.1) is 5.02 Å². The minimum Gasteiger partial charge on any atom is -0.330 e. The van der Waals surface area contributed by atoms with E-state index in [4.69, 9.17) is 17.3 Å².